The van der Waals surface area contributed by atoms with E-state index in [0.29, 0.717) is 41.8 Å². The van der Waals surface area contributed by atoms with Crippen LogP contribution in [0.25, 0.3) is 21.0 Å². The molecule has 0 radical (unpaired) electrons. The van der Waals surface area contributed by atoms with Gasteiger partial charge in [0.05, 0.1) is 11.2 Å². The van der Waals surface area contributed by atoms with Crippen molar-refractivity contribution in [2.45, 2.75) is 59.3 Å². The predicted molar refractivity (Wildman–Crippen MR) is 145 cm³/mol. The number of fused-ring (bicyclic) bond motifs is 5. The Balaban J connectivity index is 1.52. The summed E-state index contributed by atoms with van der Waals surface area (Å²) in [5.74, 6) is 0.764. The van der Waals surface area contributed by atoms with E-state index in [2.05, 4.69) is 53.2 Å². The van der Waals surface area contributed by atoms with Gasteiger partial charge in [0.1, 0.15) is 4.88 Å². The molecule has 3 aromatic heterocycles. The Labute approximate surface area is 219 Å². The van der Waals surface area contributed by atoms with E-state index in [1.165, 1.54) is 11.3 Å². The number of nitrogens with one attached hydrogen (secondary N) is 2. The van der Waals surface area contributed by atoms with Crippen molar-refractivity contribution < 1.29 is 9.53 Å². The molecule has 0 aliphatic carbocycles. The summed E-state index contributed by atoms with van der Waals surface area (Å²) < 4.78 is 7.20. The smallest absolute Gasteiger partial charge is 0.263 e. The summed E-state index contributed by atoms with van der Waals surface area (Å²) in [6.07, 6.45) is 1.71. The summed E-state index contributed by atoms with van der Waals surface area (Å²) >= 11 is 7.61. The van der Waals surface area contributed by atoms with Crippen LogP contribution >= 0.6 is 22.9 Å². The number of carbonyl (C=O) groups is 1. The average Bonchev–Trinajstić information content (AvgIpc) is 3.14. The Morgan fingerprint density at radius 1 is 1.17 bits per heavy atom. The Bertz CT molecular complexity index is 1450. The van der Waals surface area contributed by atoms with Crippen molar-refractivity contribution in [3.63, 3.8) is 0 Å². The quantitative estimate of drug-likeness (QED) is 0.306. The maximum Gasteiger partial charge on any atom is 0.263 e. The number of nitrogens with zero attached hydrogens (tertiary/aromatic N) is 4. The number of carbonyl (C=O) groups excluding carboxylic acids is 1. The number of benzene rings is 1. The molecular weight excluding hydrogens is 496 g/mol. The molecule has 1 aliphatic heterocycles. The number of pyridine rings is 1. The SMILES string of the molecule is CC(C)N(Cc1cnc(Cl)nc1Oc1ccc2c(ccc3sc4c(c32)NC[C@@H](C)NC4=O)n1)C(C)C. The van der Waals surface area contributed by atoms with E-state index in [4.69, 9.17) is 21.3 Å². The van der Waals surface area contributed by atoms with Crippen LogP contribution in [-0.4, -0.2) is 50.4 Å². The van der Waals surface area contributed by atoms with Crippen LogP contribution in [0, 0.1) is 0 Å². The summed E-state index contributed by atoms with van der Waals surface area (Å²) in [6.45, 7) is 11.9. The van der Waals surface area contributed by atoms with Gasteiger partial charge < -0.3 is 15.4 Å². The number of thiophene rings is 1. The Hall–Kier alpha value is -3.01. The van der Waals surface area contributed by atoms with Gasteiger partial charge in [0.2, 0.25) is 17.0 Å². The molecule has 5 rings (SSSR count). The fraction of sp³-hybridized carbons (Fsp3) is 0.385. The van der Waals surface area contributed by atoms with E-state index in [1.807, 2.05) is 31.2 Å². The lowest BCUT2D eigenvalue weighted by atomic mass is 10.1. The molecule has 188 valence electrons. The fourth-order valence-electron chi connectivity index (χ4n) is 4.59. The minimum atomic E-state index is -0.0465. The van der Waals surface area contributed by atoms with Crippen LogP contribution in [0.5, 0.6) is 11.8 Å². The van der Waals surface area contributed by atoms with Crippen LogP contribution < -0.4 is 15.4 Å². The molecule has 0 unspecified atom stereocenters. The number of ether oxygens (including phenoxy) is 1. The molecule has 1 aromatic carbocycles. The highest BCUT2D eigenvalue weighted by atomic mass is 35.5. The second-order valence-corrected chi connectivity index (χ2v) is 11.0. The summed E-state index contributed by atoms with van der Waals surface area (Å²) in [6, 6.07) is 8.50. The normalized spacial score (nSPS) is 15.9. The summed E-state index contributed by atoms with van der Waals surface area (Å²) in [5, 5.41) is 8.57. The number of amides is 1. The zero-order valence-corrected chi connectivity index (χ0v) is 22.5. The van der Waals surface area contributed by atoms with Crippen molar-refractivity contribution >= 4 is 55.5 Å². The van der Waals surface area contributed by atoms with E-state index in [1.54, 1.807) is 6.20 Å². The van der Waals surface area contributed by atoms with E-state index in [0.717, 1.165) is 32.2 Å². The standard InChI is InChI=1S/C26H29ClN6O2S/c1-13(2)33(14(3)4)12-16-11-29-26(27)32-25(16)35-20-9-6-17-18(31-20)7-8-19-21(17)22-23(36-19)24(34)30-15(5)10-28-22/h6-9,11,13-15,28H,10,12H2,1-5H3,(H,30,34)/t15-/m1/s1. The van der Waals surface area contributed by atoms with E-state index in [9.17, 15) is 4.79 Å². The molecule has 0 saturated heterocycles. The topological polar surface area (TPSA) is 92.3 Å². The number of halogens is 1. The first-order valence-electron chi connectivity index (χ1n) is 12.1. The Morgan fingerprint density at radius 2 is 1.94 bits per heavy atom. The highest BCUT2D eigenvalue weighted by Crippen LogP contribution is 2.41. The van der Waals surface area contributed by atoms with Gasteiger partial charge in [-0.25, -0.2) is 9.97 Å². The van der Waals surface area contributed by atoms with E-state index >= 15 is 0 Å². The minimum Gasteiger partial charge on any atom is -0.420 e. The van der Waals surface area contributed by atoms with Crippen molar-refractivity contribution in [1.29, 1.82) is 0 Å². The van der Waals surface area contributed by atoms with Crippen LogP contribution in [0.4, 0.5) is 5.69 Å². The lowest BCUT2D eigenvalue weighted by Gasteiger charge is -2.30. The summed E-state index contributed by atoms with van der Waals surface area (Å²) in [4.78, 5) is 29.0. The molecule has 1 atom stereocenters. The predicted octanol–water partition coefficient (Wildman–Crippen LogP) is 5.85. The second kappa shape index (κ2) is 9.80. The molecule has 1 amide bonds. The third kappa shape index (κ3) is 4.70. The number of hydrogen-bond donors (Lipinski definition) is 2. The molecule has 2 N–H and O–H groups in total. The van der Waals surface area contributed by atoms with E-state index < -0.39 is 0 Å². The van der Waals surface area contributed by atoms with Crippen molar-refractivity contribution in [2.24, 2.45) is 0 Å². The zero-order valence-electron chi connectivity index (χ0n) is 20.9. The molecule has 4 aromatic rings. The number of hydrogen-bond acceptors (Lipinski definition) is 8. The zero-order chi connectivity index (χ0) is 25.6. The highest BCUT2D eigenvalue weighted by Gasteiger charge is 2.25. The third-order valence-electron chi connectivity index (χ3n) is 6.34. The number of aromatic nitrogens is 3. The van der Waals surface area contributed by atoms with Gasteiger partial charge in [-0.1, -0.05) is 0 Å². The van der Waals surface area contributed by atoms with Gasteiger partial charge in [0.25, 0.3) is 5.91 Å². The van der Waals surface area contributed by atoms with Crippen LogP contribution in [-0.2, 0) is 6.54 Å². The lowest BCUT2D eigenvalue weighted by Crippen LogP contribution is -2.36. The Morgan fingerprint density at radius 3 is 2.69 bits per heavy atom. The van der Waals surface area contributed by atoms with Gasteiger partial charge in [0.15, 0.2) is 0 Å². The maximum absolute atomic E-state index is 12.7. The molecule has 0 spiro atoms. The van der Waals surface area contributed by atoms with Crippen molar-refractivity contribution in [3.8, 4) is 11.8 Å². The van der Waals surface area contributed by atoms with Crippen molar-refractivity contribution in [1.82, 2.24) is 25.2 Å². The molecule has 0 fully saturated rings. The van der Waals surface area contributed by atoms with Crippen LogP contribution in [0.15, 0.2) is 30.5 Å². The van der Waals surface area contributed by atoms with Crippen molar-refractivity contribution in [2.75, 3.05) is 11.9 Å². The van der Waals surface area contributed by atoms with Gasteiger partial charge >= 0.3 is 0 Å². The fourth-order valence-corrected chi connectivity index (χ4v) is 5.81. The third-order valence-corrected chi connectivity index (χ3v) is 7.68. The molecular formula is C26H29ClN6O2S. The van der Waals surface area contributed by atoms with Crippen LogP contribution in [0.2, 0.25) is 5.28 Å². The Kier molecular flexibility index (Phi) is 6.72. The van der Waals surface area contributed by atoms with E-state index in [-0.39, 0.29) is 17.2 Å². The minimum absolute atomic E-state index is 0.0465. The van der Waals surface area contributed by atoms with Gasteiger partial charge in [0, 0.05) is 64.5 Å². The largest absolute Gasteiger partial charge is 0.420 e. The van der Waals surface area contributed by atoms with Crippen LogP contribution in [0.3, 0.4) is 0 Å². The first-order chi connectivity index (χ1) is 17.2. The lowest BCUT2D eigenvalue weighted by molar-refractivity contribution is 0.0949. The first kappa shape index (κ1) is 24.7. The van der Waals surface area contributed by atoms with Crippen molar-refractivity contribution in [3.05, 3.63) is 46.2 Å². The molecule has 8 nitrogen and oxygen atoms in total. The molecule has 0 saturated carbocycles. The molecule has 36 heavy (non-hydrogen) atoms. The van der Waals surface area contributed by atoms with Gasteiger partial charge in [-0.05, 0) is 64.4 Å². The van der Waals surface area contributed by atoms with Gasteiger partial charge in [-0.15, -0.1) is 11.3 Å². The molecule has 10 heteroatoms. The maximum atomic E-state index is 12.7. The van der Waals surface area contributed by atoms with Crippen LogP contribution in [0.1, 0.15) is 49.9 Å². The average molecular weight is 525 g/mol. The number of rotatable bonds is 6. The summed E-state index contributed by atoms with van der Waals surface area (Å²) in [5.41, 5.74) is 2.48. The number of anilines is 1. The van der Waals surface area contributed by atoms with Gasteiger partial charge in [-0.2, -0.15) is 4.98 Å². The summed E-state index contributed by atoms with van der Waals surface area (Å²) in [7, 11) is 0. The molecule has 0 bridgehead atoms. The molecule has 4 heterocycles. The molecule has 1 aliphatic rings. The monoisotopic (exact) mass is 524 g/mol. The first-order valence-corrected chi connectivity index (χ1v) is 13.3. The second-order valence-electron chi connectivity index (χ2n) is 9.65. The highest BCUT2D eigenvalue weighted by molar-refractivity contribution is 7.21. The van der Waals surface area contributed by atoms with Gasteiger partial charge in [-0.3, -0.25) is 9.69 Å².